The van der Waals surface area contributed by atoms with Crippen molar-refractivity contribution >= 4 is 11.3 Å². The first-order valence-corrected chi connectivity index (χ1v) is 7.00. The van der Waals surface area contributed by atoms with Crippen LogP contribution in [0.25, 0.3) is 0 Å². The zero-order valence-corrected chi connectivity index (χ0v) is 12.6. The molecule has 0 fully saturated rings. The summed E-state index contributed by atoms with van der Waals surface area (Å²) in [6.07, 6.45) is 0.978. The number of nitrogens with zero attached hydrogens (tertiary/aromatic N) is 1. The third kappa shape index (κ3) is 3.76. The van der Waals surface area contributed by atoms with Gasteiger partial charge < -0.3 is 10.1 Å². The largest absolute Gasteiger partial charge is 0.372 e. The second-order valence-corrected chi connectivity index (χ2v) is 6.08. The molecule has 0 aliphatic heterocycles. The van der Waals surface area contributed by atoms with E-state index in [-0.39, 0.29) is 5.60 Å². The van der Waals surface area contributed by atoms with E-state index in [2.05, 4.69) is 39.9 Å². The SMILES string of the molecule is CCc1nc(C(C)(C)OC)sc1CNC(C)C. The first-order valence-electron chi connectivity index (χ1n) is 6.18. The normalized spacial score (nSPS) is 12.4. The number of ether oxygens (including phenoxy) is 1. The minimum absolute atomic E-state index is 0.287. The zero-order valence-electron chi connectivity index (χ0n) is 11.8. The van der Waals surface area contributed by atoms with Gasteiger partial charge in [-0.1, -0.05) is 20.8 Å². The summed E-state index contributed by atoms with van der Waals surface area (Å²) in [4.78, 5) is 6.04. The molecule has 98 valence electrons. The molecule has 0 aliphatic rings. The Kier molecular flexibility index (Phi) is 5.10. The van der Waals surface area contributed by atoms with E-state index in [9.17, 15) is 0 Å². The highest BCUT2D eigenvalue weighted by Crippen LogP contribution is 2.30. The van der Waals surface area contributed by atoms with Crippen LogP contribution < -0.4 is 5.32 Å². The summed E-state index contributed by atoms with van der Waals surface area (Å²) in [5.41, 5.74) is 0.910. The highest BCUT2D eigenvalue weighted by Gasteiger charge is 2.25. The smallest absolute Gasteiger partial charge is 0.125 e. The minimum Gasteiger partial charge on any atom is -0.372 e. The number of nitrogens with one attached hydrogen (secondary N) is 1. The van der Waals surface area contributed by atoms with Crippen molar-refractivity contribution in [1.82, 2.24) is 10.3 Å². The van der Waals surface area contributed by atoms with Gasteiger partial charge in [0, 0.05) is 24.6 Å². The number of aromatic nitrogens is 1. The lowest BCUT2D eigenvalue weighted by molar-refractivity contribution is 0.0189. The Balaban J connectivity index is 2.90. The topological polar surface area (TPSA) is 34.1 Å². The van der Waals surface area contributed by atoms with Crippen LogP contribution in [0.4, 0.5) is 0 Å². The van der Waals surface area contributed by atoms with E-state index in [1.807, 2.05) is 0 Å². The monoisotopic (exact) mass is 256 g/mol. The molecule has 0 saturated carbocycles. The van der Waals surface area contributed by atoms with Crippen LogP contribution in [0, 0.1) is 0 Å². The van der Waals surface area contributed by atoms with Crippen molar-refractivity contribution in [3.63, 3.8) is 0 Å². The average molecular weight is 256 g/mol. The Morgan fingerprint density at radius 1 is 1.41 bits per heavy atom. The van der Waals surface area contributed by atoms with Crippen LogP contribution in [0.3, 0.4) is 0 Å². The van der Waals surface area contributed by atoms with Crippen molar-refractivity contribution in [2.75, 3.05) is 7.11 Å². The molecular formula is C13H24N2OS. The van der Waals surface area contributed by atoms with Gasteiger partial charge in [-0.15, -0.1) is 11.3 Å². The van der Waals surface area contributed by atoms with E-state index >= 15 is 0 Å². The molecule has 0 aromatic carbocycles. The minimum atomic E-state index is -0.287. The summed E-state index contributed by atoms with van der Waals surface area (Å²) in [7, 11) is 1.74. The predicted octanol–water partition coefficient (Wildman–Crippen LogP) is 3.09. The van der Waals surface area contributed by atoms with E-state index in [1.54, 1.807) is 18.4 Å². The molecule has 0 atom stereocenters. The maximum absolute atomic E-state index is 5.49. The van der Waals surface area contributed by atoms with E-state index < -0.39 is 0 Å². The van der Waals surface area contributed by atoms with Gasteiger partial charge in [-0.3, -0.25) is 0 Å². The standard InChI is InChI=1S/C13H24N2OS/c1-7-10-11(8-14-9(2)3)17-12(15-10)13(4,5)16-6/h9,14H,7-8H2,1-6H3. The molecule has 1 aromatic rings. The molecular weight excluding hydrogens is 232 g/mol. The fraction of sp³-hybridized carbons (Fsp3) is 0.769. The van der Waals surface area contributed by atoms with Crippen LogP contribution in [-0.4, -0.2) is 18.1 Å². The van der Waals surface area contributed by atoms with Crippen molar-refractivity contribution < 1.29 is 4.74 Å². The van der Waals surface area contributed by atoms with Gasteiger partial charge in [0.1, 0.15) is 10.6 Å². The quantitative estimate of drug-likeness (QED) is 0.849. The Bertz CT molecular complexity index is 358. The number of rotatable bonds is 6. The molecule has 0 spiro atoms. The second kappa shape index (κ2) is 5.94. The molecule has 0 aliphatic carbocycles. The molecule has 0 amide bonds. The Morgan fingerprint density at radius 3 is 2.53 bits per heavy atom. The fourth-order valence-corrected chi connectivity index (χ4v) is 2.62. The van der Waals surface area contributed by atoms with E-state index in [0.717, 1.165) is 18.0 Å². The second-order valence-electron chi connectivity index (χ2n) is 4.99. The van der Waals surface area contributed by atoms with Gasteiger partial charge in [0.05, 0.1) is 5.69 Å². The number of hydrogen-bond donors (Lipinski definition) is 1. The summed E-state index contributed by atoms with van der Waals surface area (Å²) in [6, 6.07) is 0.501. The van der Waals surface area contributed by atoms with Crippen molar-refractivity contribution in [2.24, 2.45) is 0 Å². The molecule has 1 aromatic heterocycles. The summed E-state index contributed by atoms with van der Waals surface area (Å²) in [6.45, 7) is 11.5. The van der Waals surface area contributed by atoms with Gasteiger partial charge in [-0.25, -0.2) is 4.98 Å². The number of aryl methyl sites for hydroxylation is 1. The van der Waals surface area contributed by atoms with Gasteiger partial charge in [-0.2, -0.15) is 0 Å². The van der Waals surface area contributed by atoms with Crippen LogP contribution in [0.5, 0.6) is 0 Å². The van der Waals surface area contributed by atoms with Gasteiger partial charge in [0.25, 0.3) is 0 Å². The lowest BCUT2D eigenvalue weighted by atomic mass is 10.1. The van der Waals surface area contributed by atoms with Gasteiger partial charge in [0.2, 0.25) is 0 Å². The number of hydrogen-bond acceptors (Lipinski definition) is 4. The molecule has 0 radical (unpaired) electrons. The highest BCUT2D eigenvalue weighted by atomic mass is 32.1. The first kappa shape index (κ1) is 14.6. The number of methoxy groups -OCH3 is 1. The summed E-state index contributed by atoms with van der Waals surface area (Å²) < 4.78 is 5.49. The Labute approximate surface area is 109 Å². The van der Waals surface area contributed by atoms with Crippen LogP contribution >= 0.6 is 11.3 Å². The van der Waals surface area contributed by atoms with Crippen molar-refractivity contribution in [2.45, 2.75) is 59.2 Å². The molecule has 1 rings (SSSR count). The van der Waals surface area contributed by atoms with Crippen LogP contribution in [-0.2, 0) is 23.3 Å². The molecule has 0 bridgehead atoms. The zero-order chi connectivity index (χ0) is 13.1. The maximum Gasteiger partial charge on any atom is 0.125 e. The van der Waals surface area contributed by atoms with Crippen LogP contribution in [0.2, 0.25) is 0 Å². The summed E-state index contributed by atoms with van der Waals surface area (Å²) in [5, 5.41) is 4.52. The van der Waals surface area contributed by atoms with E-state index in [0.29, 0.717) is 6.04 Å². The van der Waals surface area contributed by atoms with Gasteiger partial charge in [0.15, 0.2) is 0 Å². The average Bonchev–Trinajstić information content (AvgIpc) is 2.70. The lowest BCUT2D eigenvalue weighted by Gasteiger charge is -2.19. The third-order valence-corrected chi connectivity index (χ3v) is 4.21. The summed E-state index contributed by atoms with van der Waals surface area (Å²) in [5.74, 6) is 0. The molecule has 4 heteroatoms. The van der Waals surface area contributed by atoms with Gasteiger partial charge in [-0.05, 0) is 20.3 Å². The molecule has 3 nitrogen and oxygen atoms in total. The Hall–Kier alpha value is -0.450. The van der Waals surface area contributed by atoms with Crippen LogP contribution in [0.15, 0.2) is 0 Å². The lowest BCUT2D eigenvalue weighted by Crippen LogP contribution is -2.21. The molecule has 1 N–H and O–H groups in total. The molecule has 17 heavy (non-hydrogen) atoms. The molecule has 1 heterocycles. The van der Waals surface area contributed by atoms with Crippen molar-refractivity contribution in [3.8, 4) is 0 Å². The van der Waals surface area contributed by atoms with E-state index in [1.165, 1.54) is 10.6 Å². The Morgan fingerprint density at radius 2 is 2.06 bits per heavy atom. The van der Waals surface area contributed by atoms with Crippen LogP contribution in [0.1, 0.15) is 50.2 Å². The van der Waals surface area contributed by atoms with E-state index in [4.69, 9.17) is 9.72 Å². The van der Waals surface area contributed by atoms with Crippen molar-refractivity contribution in [1.29, 1.82) is 0 Å². The number of thiazole rings is 1. The maximum atomic E-state index is 5.49. The summed E-state index contributed by atoms with van der Waals surface area (Å²) >= 11 is 1.76. The van der Waals surface area contributed by atoms with Gasteiger partial charge >= 0.3 is 0 Å². The fourth-order valence-electron chi connectivity index (χ4n) is 1.44. The first-order chi connectivity index (χ1) is 7.90. The molecule has 0 unspecified atom stereocenters. The predicted molar refractivity (Wildman–Crippen MR) is 73.5 cm³/mol. The highest BCUT2D eigenvalue weighted by molar-refractivity contribution is 7.11. The molecule has 0 saturated heterocycles. The van der Waals surface area contributed by atoms with Crippen molar-refractivity contribution in [3.05, 3.63) is 15.6 Å². The third-order valence-electron chi connectivity index (χ3n) is 2.81.